The molecular weight excluding hydrogens is 352 g/mol. The van der Waals surface area contributed by atoms with Crippen LogP contribution in [0.2, 0.25) is 0 Å². The number of benzene rings is 2. The van der Waals surface area contributed by atoms with Gasteiger partial charge >= 0.3 is 0 Å². The van der Waals surface area contributed by atoms with Gasteiger partial charge in [0.25, 0.3) is 0 Å². The summed E-state index contributed by atoms with van der Waals surface area (Å²) in [5.41, 5.74) is 3.59. The van der Waals surface area contributed by atoms with E-state index in [1.165, 1.54) is 11.1 Å². The van der Waals surface area contributed by atoms with E-state index in [4.69, 9.17) is 14.5 Å². The Kier molecular flexibility index (Phi) is 5.02. The van der Waals surface area contributed by atoms with Crippen LogP contribution in [0.3, 0.4) is 0 Å². The van der Waals surface area contributed by atoms with Gasteiger partial charge in [-0.15, -0.1) is 0 Å². The Morgan fingerprint density at radius 3 is 2.39 bits per heavy atom. The number of fused-ring (bicyclic) bond motifs is 1. The maximum absolute atomic E-state index is 5.46. The van der Waals surface area contributed by atoms with Crippen LogP contribution >= 0.6 is 0 Å². The number of anilines is 3. The van der Waals surface area contributed by atoms with E-state index in [9.17, 15) is 0 Å². The predicted molar refractivity (Wildman–Crippen MR) is 111 cm³/mol. The molecule has 0 saturated heterocycles. The lowest BCUT2D eigenvalue weighted by Crippen LogP contribution is -2.32. The first-order valence-corrected chi connectivity index (χ1v) is 9.30. The Labute approximate surface area is 165 Å². The number of aromatic nitrogens is 2. The summed E-state index contributed by atoms with van der Waals surface area (Å²) in [4.78, 5) is 13.6. The smallest absolute Gasteiger partial charge is 0.227 e. The van der Waals surface area contributed by atoms with Crippen LogP contribution in [0, 0.1) is 0 Å². The van der Waals surface area contributed by atoms with Crippen molar-refractivity contribution in [1.82, 2.24) is 9.97 Å². The highest BCUT2D eigenvalue weighted by molar-refractivity contribution is 5.60. The molecule has 0 spiro atoms. The number of methoxy groups -OCH3 is 2. The molecule has 6 nitrogen and oxygen atoms in total. The first-order valence-electron chi connectivity index (χ1n) is 9.30. The summed E-state index contributed by atoms with van der Waals surface area (Å²) in [5.74, 6) is 3.13. The fourth-order valence-electron chi connectivity index (χ4n) is 3.52. The molecular formula is C22H24N4O2. The molecule has 0 fully saturated rings. The topological polar surface area (TPSA) is 50.7 Å². The summed E-state index contributed by atoms with van der Waals surface area (Å²) in [6, 6.07) is 16.3. The molecule has 0 amide bonds. The second kappa shape index (κ2) is 7.76. The van der Waals surface area contributed by atoms with E-state index in [0.29, 0.717) is 0 Å². The zero-order chi connectivity index (χ0) is 19.5. The third-order valence-corrected chi connectivity index (χ3v) is 5.12. The minimum atomic E-state index is 0.737. The van der Waals surface area contributed by atoms with E-state index in [-0.39, 0.29) is 0 Å². The monoisotopic (exact) mass is 376 g/mol. The van der Waals surface area contributed by atoms with Crippen molar-refractivity contribution >= 4 is 17.5 Å². The summed E-state index contributed by atoms with van der Waals surface area (Å²) in [7, 11) is 5.35. The van der Waals surface area contributed by atoms with Crippen LogP contribution < -0.4 is 19.3 Å². The van der Waals surface area contributed by atoms with Gasteiger partial charge in [-0.2, -0.15) is 4.98 Å². The number of ether oxygens (including phenoxy) is 2. The summed E-state index contributed by atoms with van der Waals surface area (Å²) < 4.78 is 10.9. The van der Waals surface area contributed by atoms with Gasteiger partial charge in [0.15, 0.2) is 11.5 Å². The molecule has 0 N–H and O–H groups in total. The molecule has 1 aliphatic rings. The number of rotatable bonds is 5. The van der Waals surface area contributed by atoms with Crippen molar-refractivity contribution in [1.29, 1.82) is 0 Å². The summed E-state index contributed by atoms with van der Waals surface area (Å²) in [6.07, 6.45) is 2.74. The zero-order valence-electron chi connectivity index (χ0n) is 16.4. The van der Waals surface area contributed by atoms with Crippen molar-refractivity contribution in [2.75, 3.05) is 37.6 Å². The van der Waals surface area contributed by atoms with Crippen LogP contribution in [-0.4, -0.2) is 37.8 Å². The van der Waals surface area contributed by atoms with Crippen molar-refractivity contribution in [3.05, 3.63) is 65.9 Å². The lowest BCUT2D eigenvalue weighted by molar-refractivity contribution is 0.353. The molecule has 2 aromatic carbocycles. The van der Waals surface area contributed by atoms with Crippen LogP contribution in [0.1, 0.15) is 11.1 Å². The normalized spacial score (nSPS) is 13.0. The Balaban J connectivity index is 1.59. The van der Waals surface area contributed by atoms with Gasteiger partial charge in [-0.1, -0.05) is 18.2 Å². The Morgan fingerprint density at radius 2 is 1.68 bits per heavy atom. The van der Waals surface area contributed by atoms with Crippen LogP contribution in [0.4, 0.5) is 17.5 Å². The van der Waals surface area contributed by atoms with E-state index in [0.717, 1.165) is 48.5 Å². The molecule has 0 radical (unpaired) electrons. The molecule has 2 heterocycles. The molecule has 6 heteroatoms. The van der Waals surface area contributed by atoms with E-state index in [2.05, 4.69) is 39.0 Å². The van der Waals surface area contributed by atoms with Gasteiger partial charge in [-0.25, -0.2) is 4.98 Å². The van der Waals surface area contributed by atoms with Crippen molar-refractivity contribution in [2.24, 2.45) is 0 Å². The van der Waals surface area contributed by atoms with Gasteiger partial charge in [0, 0.05) is 32.0 Å². The summed E-state index contributed by atoms with van der Waals surface area (Å²) >= 11 is 0. The molecule has 4 rings (SSSR count). The van der Waals surface area contributed by atoms with Crippen molar-refractivity contribution < 1.29 is 9.47 Å². The second-order valence-electron chi connectivity index (χ2n) is 6.76. The van der Waals surface area contributed by atoms with E-state index >= 15 is 0 Å². The lowest BCUT2D eigenvalue weighted by Gasteiger charge is -2.30. The number of nitrogens with zero attached hydrogens (tertiary/aromatic N) is 4. The Bertz CT molecular complexity index is 962. The minimum absolute atomic E-state index is 0.737. The van der Waals surface area contributed by atoms with Crippen LogP contribution in [0.15, 0.2) is 54.7 Å². The minimum Gasteiger partial charge on any atom is -0.493 e. The third-order valence-electron chi connectivity index (χ3n) is 5.12. The molecule has 3 aromatic rings. The highest BCUT2D eigenvalue weighted by Gasteiger charge is 2.21. The first-order chi connectivity index (χ1) is 13.7. The standard InChI is InChI=1S/C22H24N4O2/c1-25(18-7-5-4-6-8-18)21-9-11-23-22(24-21)26-12-10-16-13-19(27-2)20(28-3)14-17(16)15-26/h4-9,11,13-14H,10,12,15H2,1-3H3. The fraction of sp³-hybridized carbons (Fsp3) is 0.273. The number of para-hydroxylation sites is 1. The maximum atomic E-state index is 5.46. The molecule has 0 saturated carbocycles. The van der Waals surface area contributed by atoms with Crippen LogP contribution in [0.5, 0.6) is 11.5 Å². The predicted octanol–water partition coefficient (Wildman–Crippen LogP) is 3.82. The molecule has 144 valence electrons. The van der Waals surface area contributed by atoms with Gasteiger partial charge < -0.3 is 19.3 Å². The highest BCUT2D eigenvalue weighted by atomic mass is 16.5. The van der Waals surface area contributed by atoms with Gasteiger partial charge in [-0.05, 0) is 47.9 Å². The first kappa shape index (κ1) is 18.1. The Morgan fingerprint density at radius 1 is 0.964 bits per heavy atom. The quantitative estimate of drug-likeness (QED) is 0.675. The maximum Gasteiger partial charge on any atom is 0.227 e. The van der Waals surface area contributed by atoms with Gasteiger partial charge in [-0.3, -0.25) is 0 Å². The molecule has 0 aliphatic carbocycles. The van der Waals surface area contributed by atoms with Gasteiger partial charge in [0.1, 0.15) is 5.82 Å². The molecule has 0 unspecified atom stereocenters. The zero-order valence-corrected chi connectivity index (χ0v) is 16.4. The molecule has 1 aliphatic heterocycles. The lowest BCUT2D eigenvalue weighted by atomic mass is 9.99. The Hall–Kier alpha value is -3.28. The van der Waals surface area contributed by atoms with Crippen molar-refractivity contribution in [2.45, 2.75) is 13.0 Å². The van der Waals surface area contributed by atoms with E-state index < -0.39 is 0 Å². The largest absolute Gasteiger partial charge is 0.493 e. The molecule has 1 aromatic heterocycles. The summed E-state index contributed by atoms with van der Waals surface area (Å²) in [6.45, 7) is 1.61. The van der Waals surface area contributed by atoms with Crippen molar-refractivity contribution in [3.63, 3.8) is 0 Å². The number of hydrogen-bond donors (Lipinski definition) is 0. The highest BCUT2D eigenvalue weighted by Crippen LogP contribution is 2.34. The molecule has 0 bridgehead atoms. The average molecular weight is 376 g/mol. The molecule has 28 heavy (non-hydrogen) atoms. The van der Waals surface area contributed by atoms with Gasteiger partial charge in [0.05, 0.1) is 14.2 Å². The average Bonchev–Trinajstić information content (AvgIpc) is 2.77. The SMILES string of the molecule is COc1cc2c(cc1OC)CN(c1nccc(N(C)c3ccccc3)n1)CC2. The van der Waals surface area contributed by atoms with E-state index in [1.807, 2.05) is 37.5 Å². The second-order valence-corrected chi connectivity index (χ2v) is 6.76. The summed E-state index contributed by atoms with van der Waals surface area (Å²) in [5, 5.41) is 0. The molecule has 0 atom stereocenters. The van der Waals surface area contributed by atoms with E-state index in [1.54, 1.807) is 14.2 Å². The fourth-order valence-corrected chi connectivity index (χ4v) is 3.52. The van der Waals surface area contributed by atoms with Gasteiger partial charge in [0.2, 0.25) is 5.95 Å². The third kappa shape index (κ3) is 3.45. The van der Waals surface area contributed by atoms with Crippen LogP contribution in [0.25, 0.3) is 0 Å². The van der Waals surface area contributed by atoms with Crippen molar-refractivity contribution in [3.8, 4) is 11.5 Å². The van der Waals surface area contributed by atoms with Crippen LogP contribution in [-0.2, 0) is 13.0 Å². The number of hydrogen-bond acceptors (Lipinski definition) is 6.